The Labute approximate surface area is 115 Å². The molecule has 0 aliphatic heterocycles. The molecule has 0 radical (unpaired) electrons. The highest BCUT2D eigenvalue weighted by molar-refractivity contribution is 7.89. The van der Waals surface area contributed by atoms with Gasteiger partial charge in [0.05, 0.1) is 4.90 Å². The van der Waals surface area contributed by atoms with E-state index in [1.807, 2.05) is 6.92 Å². The predicted octanol–water partition coefficient (Wildman–Crippen LogP) is 2.36. The van der Waals surface area contributed by atoms with E-state index in [-0.39, 0.29) is 18.0 Å². The quantitative estimate of drug-likeness (QED) is 0.590. The molecule has 0 amide bonds. The van der Waals surface area contributed by atoms with Crippen LogP contribution in [0.1, 0.15) is 5.56 Å². The summed E-state index contributed by atoms with van der Waals surface area (Å²) in [6.45, 7) is 5.96. The molecule has 1 rings (SSSR count). The van der Waals surface area contributed by atoms with Crippen LogP contribution in [0.2, 0.25) is 0 Å². The van der Waals surface area contributed by atoms with Gasteiger partial charge in [-0.3, -0.25) is 0 Å². The normalized spacial score (nSPS) is 11.6. The molecule has 0 aliphatic carbocycles. The molecule has 0 saturated carbocycles. The standard InChI is InChI=1S/C15H17NO2S/c1-4-6-7-13-16(12-5-2)19(17,18)15-10-8-14(3)9-11-15/h1,5-11H,2,12-13H2,3H3/b7-6+. The Hall–Kier alpha value is -1.83. The molecular formula is C15H17NO2S. The Bertz CT molecular complexity index is 592. The van der Waals surface area contributed by atoms with Gasteiger partial charge in [-0.05, 0) is 25.1 Å². The number of hydrogen-bond acceptors (Lipinski definition) is 2. The van der Waals surface area contributed by atoms with E-state index in [4.69, 9.17) is 6.42 Å². The minimum absolute atomic E-state index is 0.229. The van der Waals surface area contributed by atoms with Crippen LogP contribution in [-0.4, -0.2) is 25.8 Å². The molecule has 1 aromatic rings. The molecule has 0 N–H and O–H groups in total. The molecule has 4 heteroatoms. The van der Waals surface area contributed by atoms with E-state index in [2.05, 4.69) is 12.5 Å². The van der Waals surface area contributed by atoms with Crippen molar-refractivity contribution in [1.82, 2.24) is 4.31 Å². The van der Waals surface area contributed by atoms with E-state index in [1.54, 1.807) is 36.4 Å². The van der Waals surface area contributed by atoms with Gasteiger partial charge in [0.2, 0.25) is 10.0 Å². The maximum atomic E-state index is 12.4. The van der Waals surface area contributed by atoms with E-state index in [1.165, 1.54) is 10.4 Å². The third-order valence-electron chi connectivity index (χ3n) is 2.51. The number of nitrogens with zero attached hydrogens (tertiary/aromatic N) is 1. The zero-order valence-corrected chi connectivity index (χ0v) is 11.7. The van der Waals surface area contributed by atoms with Gasteiger partial charge in [-0.1, -0.05) is 35.8 Å². The van der Waals surface area contributed by atoms with Gasteiger partial charge >= 0.3 is 0 Å². The Morgan fingerprint density at radius 3 is 2.47 bits per heavy atom. The van der Waals surface area contributed by atoms with Crippen LogP contribution < -0.4 is 0 Å². The van der Waals surface area contributed by atoms with Gasteiger partial charge in [-0.15, -0.1) is 13.0 Å². The van der Waals surface area contributed by atoms with Crippen molar-refractivity contribution in [1.29, 1.82) is 0 Å². The average molecular weight is 275 g/mol. The lowest BCUT2D eigenvalue weighted by Crippen LogP contribution is -2.31. The molecule has 1 aromatic carbocycles. The lowest BCUT2D eigenvalue weighted by Gasteiger charge is -2.19. The van der Waals surface area contributed by atoms with Crippen LogP contribution in [0.4, 0.5) is 0 Å². The maximum absolute atomic E-state index is 12.4. The van der Waals surface area contributed by atoms with Gasteiger partial charge in [0.25, 0.3) is 0 Å². The number of rotatable bonds is 6. The number of benzene rings is 1. The molecule has 0 aromatic heterocycles. The Morgan fingerprint density at radius 1 is 1.32 bits per heavy atom. The van der Waals surface area contributed by atoms with Crippen molar-refractivity contribution >= 4 is 10.0 Å². The third kappa shape index (κ3) is 4.09. The van der Waals surface area contributed by atoms with Crippen molar-refractivity contribution in [3.8, 4) is 12.3 Å². The van der Waals surface area contributed by atoms with Gasteiger partial charge in [0.1, 0.15) is 0 Å². The second-order valence-corrected chi connectivity index (χ2v) is 5.93. The second kappa shape index (κ2) is 6.93. The van der Waals surface area contributed by atoms with Crippen LogP contribution in [0.25, 0.3) is 0 Å². The number of terminal acetylenes is 1. The molecule has 3 nitrogen and oxygen atoms in total. The second-order valence-electron chi connectivity index (χ2n) is 3.99. The Balaban J connectivity index is 3.05. The minimum atomic E-state index is -3.52. The monoisotopic (exact) mass is 275 g/mol. The summed E-state index contributed by atoms with van der Waals surface area (Å²) in [7, 11) is -3.52. The number of allylic oxidation sites excluding steroid dienone is 1. The summed E-state index contributed by atoms with van der Waals surface area (Å²) < 4.78 is 26.2. The summed E-state index contributed by atoms with van der Waals surface area (Å²) in [5, 5.41) is 0. The van der Waals surface area contributed by atoms with Gasteiger partial charge in [0.15, 0.2) is 0 Å². The van der Waals surface area contributed by atoms with Crippen LogP contribution in [-0.2, 0) is 10.0 Å². The zero-order chi connectivity index (χ0) is 14.3. The van der Waals surface area contributed by atoms with E-state index in [9.17, 15) is 8.42 Å². The minimum Gasteiger partial charge on any atom is -0.207 e. The van der Waals surface area contributed by atoms with E-state index in [0.29, 0.717) is 0 Å². The molecule has 0 fully saturated rings. The van der Waals surface area contributed by atoms with Crippen LogP contribution in [0.5, 0.6) is 0 Å². The van der Waals surface area contributed by atoms with Crippen molar-refractivity contribution in [2.75, 3.05) is 13.1 Å². The maximum Gasteiger partial charge on any atom is 0.243 e. The largest absolute Gasteiger partial charge is 0.243 e. The average Bonchev–Trinajstić information content (AvgIpc) is 2.38. The highest BCUT2D eigenvalue weighted by Crippen LogP contribution is 2.16. The number of sulfonamides is 1. The fourth-order valence-electron chi connectivity index (χ4n) is 1.51. The lowest BCUT2D eigenvalue weighted by molar-refractivity contribution is 0.474. The first-order chi connectivity index (χ1) is 9.02. The molecule has 0 spiro atoms. The fraction of sp³-hybridized carbons (Fsp3) is 0.200. The molecule has 0 aliphatic rings. The zero-order valence-electron chi connectivity index (χ0n) is 10.9. The SMILES string of the molecule is C#C/C=C/CN(CC=C)S(=O)(=O)c1ccc(C)cc1. The van der Waals surface area contributed by atoms with Gasteiger partial charge in [-0.2, -0.15) is 4.31 Å². The van der Waals surface area contributed by atoms with E-state index in [0.717, 1.165) is 5.56 Å². The lowest BCUT2D eigenvalue weighted by atomic mass is 10.2. The van der Waals surface area contributed by atoms with E-state index >= 15 is 0 Å². The summed E-state index contributed by atoms with van der Waals surface area (Å²) in [5.74, 6) is 2.34. The third-order valence-corrected chi connectivity index (χ3v) is 4.36. The van der Waals surface area contributed by atoms with Crippen LogP contribution in [0.15, 0.2) is 54.0 Å². The summed E-state index contributed by atoms with van der Waals surface area (Å²) in [6, 6.07) is 6.75. The molecule has 100 valence electrons. The molecule has 0 heterocycles. The van der Waals surface area contributed by atoms with Crippen molar-refractivity contribution in [3.05, 3.63) is 54.6 Å². The highest BCUT2D eigenvalue weighted by Gasteiger charge is 2.21. The van der Waals surface area contributed by atoms with Gasteiger partial charge < -0.3 is 0 Å². The molecule has 0 saturated heterocycles. The summed E-state index contributed by atoms with van der Waals surface area (Å²) in [4.78, 5) is 0.272. The van der Waals surface area contributed by atoms with Crippen molar-refractivity contribution in [2.24, 2.45) is 0 Å². The summed E-state index contributed by atoms with van der Waals surface area (Å²) in [6.07, 6.45) is 9.77. The molecule has 0 unspecified atom stereocenters. The number of hydrogen-bond donors (Lipinski definition) is 0. The molecular weight excluding hydrogens is 258 g/mol. The van der Waals surface area contributed by atoms with Gasteiger partial charge in [0, 0.05) is 13.1 Å². The van der Waals surface area contributed by atoms with E-state index < -0.39 is 10.0 Å². The topological polar surface area (TPSA) is 37.4 Å². The first kappa shape index (κ1) is 15.2. The Morgan fingerprint density at radius 2 is 1.95 bits per heavy atom. The number of aryl methyl sites for hydroxylation is 1. The summed E-state index contributed by atoms with van der Waals surface area (Å²) in [5.41, 5.74) is 1.02. The van der Waals surface area contributed by atoms with Crippen LogP contribution >= 0.6 is 0 Å². The molecule has 0 atom stereocenters. The predicted molar refractivity (Wildman–Crippen MR) is 78.1 cm³/mol. The Kier molecular flexibility index (Phi) is 5.56. The molecule has 0 bridgehead atoms. The first-order valence-corrected chi connectivity index (χ1v) is 7.25. The smallest absolute Gasteiger partial charge is 0.207 e. The highest BCUT2D eigenvalue weighted by atomic mass is 32.2. The van der Waals surface area contributed by atoms with Crippen molar-refractivity contribution in [2.45, 2.75) is 11.8 Å². The van der Waals surface area contributed by atoms with Crippen LogP contribution in [0.3, 0.4) is 0 Å². The van der Waals surface area contributed by atoms with Gasteiger partial charge in [-0.25, -0.2) is 8.42 Å². The van der Waals surface area contributed by atoms with Crippen LogP contribution in [0, 0.1) is 19.3 Å². The fourth-order valence-corrected chi connectivity index (χ4v) is 2.87. The van der Waals surface area contributed by atoms with Crippen molar-refractivity contribution in [3.63, 3.8) is 0 Å². The first-order valence-electron chi connectivity index (χ1n) is 5.81. The molecule has 19 heavy (non-hydrogen) atoms. The summed E-state index contributed by atoms with van der Waals surface area (Å²) >= 11 is 0. The van der Waals surface area contributed by atoms with Crippen molar-refractivity contribution < 1.29 is 8.42 Å².